The SMILES string of the molecule is COc1cc(-c2c(-c3ccccc3)ncn2CCF)cc(Cl)c1O. The smallest absolute Gasteiger partial charge is 0.176 e. The molecule has 0 aliphatic heterocycles. The van der Waals surface area contributed by atoms with Gasteiger partial charge in [-0.3, -0.25) is 0 Å². The maximum Gasteiger partial charge on any atom is 0.176 e. The van der Waals surface area contributed by atoms with Crippen molar-refractivity contribution in [2.45, 2.75) is 6.54 Å². The second-order valence-corrected chi connectivity index (χ2v) is 5.61. The second kappa shape index (κ2) is 6.93. The summed E-state index contributed by atoms with van der Waals surface area (Å²) in [7, 11) is 1.45. The third kappa shape index (κ3) is 2.95. The summed E-state index contributed by atoms with van der Waals surface area (Å²) in [4.78, 5) is 4.44. The molecular weight excluding hydrogens is 331 g/mol. The molecule has 0 aliphatic rings. The van der Waals surface area contributed by atoms with E-state index in [9.17, 15) is 9.50 Å². The van der Waals surface area contributed by atoms with Crippen molar-refractivity contribution in [1.29, 1.82) is 0 Å². The van der Waals surface area contributed by atoms with E-state index in [-0.39, 0.29) is 23.1 Å². The molecule has 0 unspecified atom stereocenters. The molecule has 3 aromatic rings. The average Bonchev–Trinajstić information content (AvgIpc) is 3.02. The Kier molecular flexibility index (Phi) is 4.71. The molecule has 0 amide bonds. The van der Waals surface area contributed by atoms with Crippen LogP contribution in [0, 0.1) is 0 Å². The number of methoxy groups -OCH3 is 1. The zero-order valence-corrected chi connectivity index (χ0v) is 13.8. The average molecular weight is 347 g/mol. The van der Waals surface area contributed by atoms with Crippen LogP contribution < -0.4 is 4.74 Å². The van der Waals surface area contributed by atoms with Gasteiger partial charge in [0.1, 0.15) is 6.67 Å². The fourth-order valence-corrected chi connectivity index (χ4v) is 2.83. The van der Waals surface area contributed by atoms with Crippen molar-refractivity contribution >= 4 is 11.6 Å². The predicted octanol–water partition coefficient (Wildman–Crippen LogP) is 4.55. The highest BCUT2D eigenvalue weighted by molar-refractivity contribution is 6.32. The molecule has 0 spiro atoms. The van der Waals surface area contributed by atoms with Gasteiger partial charge in [-0.2, -0.15) is 0 Å². The van der Waals surface area contributed by atoms with Gasteiger partial charge in [-0.1, -0.05) is 41.9 Å². The highest BCUT2D eigenvalue weighted by Crippen LogP contribution is 2.40. The molecule has 0 aliphatic carbocycles. The second-order valence-electron chi connectivity index (χ2n) is 5.20. The van der Waals surface area contributed by atoms with Gasteiger partial charge in [0.05, 0.1) is 36.4 Å². The van der Waals surface area contributed by atoms with E-state index in [1.165, 1.54) is 7.11 Å². The minimum atomic E-state index is -0.513. The Labute approximate surface area is 144 Å². The minimum Gasteiger partial charge on any atom is -0.503 e. The quantitative estimate of drug-likeness (QED) is 0.737. The molecule has 1 N–H and O–H groups in total. The number of halogens is 2. The summed E-state index contributed by atoms with van der Waals surface area (Å²) in [5, 5.41) is 10.1. The van der Waals surface area contributed by atoms with Crippen molar-refractivity contribution in [1.82, 2.24) is 9.55 Å². The summed E-state index contributed by atoms with van der Waals surface area (Å²) in [6, 6.07) is 12.9. The van der Waals surface area contributed by atoms with Crippen LogP contribution in [0.15, 0.2) is 48.8 Å². The van der Waals surface area contributed by atoms with Crippen LogP contribution in [0.2, 0.25) is 5.02 Å². The fourth-order valence-electron chi connectivity index (χ4n) is 2.62. The standard InChI is InChI=1S/C18H16ClFN2O2/c1-24-15-10-13(9-14(19)18(15)23)17-16(12-5-3-2-4-6-12)21-11-22(17)8-7-20/h2-6,9-11,23H,7-8H2,1H3. The van der Waals surface area contributed by atoms with E-state index in [2.05, 4.69) is 4.98 Å². The molecule has 4 nitrogen and oxygen atoms in total. The van der Waals surface area contributed by atoms with Gasteiger partial charge >= 0.3 is 0 Å². The van der Waals surface area contributed by atoms with E-state index in [1.807, 2.05) is 30.3 Å². The lowest BCUT2D eigenvalue weighted by Crippen LogP contribution is -2.01. The first-order chi connectivity index (χ1) is 11.7. The summed E-state index contributed by atoms with van der Waals surface area (Å²) < 4.78 is 19.8. The van der Waals surface area contributed by atoms with Gasteiger partial charge in [-0.15, -0.1) is 0 Å². The number of nitrogens with zero attached hydrogens (tertiary/aromatic N) is 2. The van der Waals surface area contributed by atoms with E-state index in [4.69, 9.17) is 16.3 Å². The molecule has 0 saturated carbocycles. The van der Waals surface area contributed by atoms with Crippen molar-refractivity contribution in [3.05, 3.63) is 53.8 Å². The van der Waals surface area contributed by atoms with Crippen LogP contribution in [-0.2, 0) is 6.54 Å². The number of ether oxygens (including phenoxy) is 1. The molecule has 0 radical (unpaired) electrons. The number of aromatic nitrogens is 2. The van der Waals surface area contributed by atoms with Crippen LogP contribution in [0.25, 0.3) is 22.5 Å². The highest BCUT2D eigenvalue weighted by atomic mass is 35.5. The van der Waals surface area contributed by atoms with Gasteiger partial charge < -0.3 is 14.4 Å². The van der Waals surface area contributed by atoms with Crippen LogP contribution in [0.5, 0.6) is 11.5 Å². The largest absolute Gasteiger partial charge is 0.503 e. The number of benzene rings is 2. The number of phenols is 1. The van der Waals surface area contributed by atoms with Gasteiger partial charge in [0, 0.05) is 11.1 Å². The Balaban J connectivity index is 2.23. The number of hydrogen-bond donors (Lipinski definition) is 1. The maximum atomic E-state index is 12.9. The predicted molar refractivity (Wildman–Crippen MR) is 92.3 cm³/mol. The summed E-state index contributed by atoms with van der Waals surface area (Å²) >= 11 is 6.11. The van der Waals surface area contributed by atoms with E-state index in [0.29, 0.717) is 11.3 Å². The zero-order valence-electron chi connectivity index (χ0n) is 13.0. The number of rotatable bonds is 5. The third-order valence-electron chi connectivity index (χ3n) is 3.73. The summed E-state index contributed by atoms with van der Waals surface area (Å²) in [5.74, 6) is 0.130. The van der Waals surface area contributed by atoms with Gasteiger partial charge in [-0.25, -0.2) is 9.37 Å². The topological polar surface area (TPSA) is 47.3 Å². The van der Waals surface area contributed by atoms with E-state index >= 15 is 0 Å². The van der Waals surface area contributed by atoms with Crippen LogP contribution in [0.3, 0.4) is 0 Å². The summed E-state index contributed by atoms with van der Waals surface area (Å²) in [6.45, 7) is -0.337. The Bertz CT molecular complexity index is 850. The Hall–Kier alpha value is -2.53. The van der Waals surface area contributed by atoms with E-state index in [1.54, 1.807) is 23.0 Å². The van der Waals surface area contributed by atoms with Crippen LogP contribution >= 0.6 is 11.6 Å². The van der Waals surface area contributed by atoms with E-state index < -0.39 is 6.67 Å². The fraction of sp³-hybridized carbons (Fsp3) is 0.167. The first-order valence-corrected chi connectivity index (χ1v) is 7.77. The number of phenolic OH excluding ortho intramolecular Hbond substituents is 1. The number of aryl methyl sites for hydroxylation is 1. The molecule has 3 rings (SSSR count). The first kappa shape index (κ1) is 16.3. The maximum absolute atomic E-state index is 12.9. The Morgan fingerprint density at radius 2 is 1.96 bits per heavy atom. The number of aromatic hydroxyl groups is 1. The lowest BCUT2D eigenvalue weighted by atomic mass is 10.0. The summed E-state index contributed by atoms with van der Waals surface area (Å²) in [6.07, 6.45) is 1.60. The third-order valence-corrected chi connectivity index (χ3v) is 4.02. The van der Waals surface area contributed by atoms with Crippen LogP contribution in [0.4, 0.5) is 4.39 Å². The molecule has 0 bridgehead atoms. The van der Waals surface area contributed by atoms with Gasteiger partial charge in [-0.05, 0) is 12.1 Å². The lowest BCUT2D eigenvalue weighted by molar-refractivity contribution is 0.374. The van der Waals surface area contributed by atoms with Crippen molar-refractivity contribution in [2.24, 2.45) is 0 Å². The normalized spacial score (nSPS) is 10.8. The first-order valence-electron chi connectivity index (χ1n) is 7.39. The van der Waals surface area contributed by atoms with Crippen molar-refractivity contribution < 1.29 is 14.2 Å². The number of alkyl halides is 1. The molecule has 1 aromatic heterocycles. The number of hydrogen-bond acceptors (Lipinski definition) is 3. The number of imidazole rings is 1. The summed E-state index contributed by atoms with van der Waals surface area (Å²) in [5.41, 5.74) is 3.04. The van der Waals surface area contributed by atoms with Crippen molar-refractivity contribution in [3.8, 4) is 34.0 Å². The van der Waals surface area contributed by atoms with Crippen molar-refractivity contribution in [3.63, 3.8) is 0 Å². The molecule has 2 aromatic carbocycles. The zero-order chi connectivity index (χ0) is 17.1. The molecule has 1 heterocycles. The molecule has 0 atom stereocenters. The molecule has 124 valence electrons. The molecule has 24 heavy (non-hydrogen) atoms. The Morgan fingerprint density at radius 1 is 1.21 bits per heavy atom. The van der Waals surface area contributed by atoms with Gasteiger partial charge in [0.25, 0.3) is 0 Å². The van der Waals surface area contributed by atoms with Crippen LogP contribution in [-0.4, -0.2) is 28.4 Å². The van der Waals surface area contributed by atoms with Gasteiger partial charge in [0.15, 0.2) is 11.5 Å². The van der Waals surface area contributed by atoms with E-state index in [0.717, 1.165) is 11.3 Å². The minimum absolute atomic E-state index is 0.124. The lowest BCUT2D eigenvalue weighted by Gasteiger charge is -2.12. The molecular formula is C18H16ClFN2O2. The monoisotopic (exact) mass is 346 g/mol. The Morgan fingerprint density at radius 3 is 2.62 bits per heavy atom. The molecule has 6 heteroatoms. The molecule has 0 saturated heterocycles. The highest BCUT2D eigenvalue weighted by Gasteiger charge is 2.18. The van der Waals surface area contributed by atoms with Crippen molar-refractivity contribution in [2.75, 3.05) is 13.8 Å². The van der Waals surface area contributed by atoms with Gasteiger partial charge in [0.2, 0.25) is 0 Å². The molecule has 0 fully saturated rings. The van der Waals surface area contributed by atoms with Crippen LogP contribution in [0.1, 0.15) is 0 Å².